The van der Waals surface area contributed by atoms with Gasteiger partial charge in [0.05, 0.1) is 11.6 Å². The van der Waals surface area contributed by atoms with Crippen LogP contribution in [0.25, 0.3) is 0 Å². The van der Waals surface area contributed by atoms with E-state index in [1.807, 2.05) is 0 Å². The molecule has 2 rings (SSSR count). The monoisotopic (exact) mass is 341 g/mol. The highest BCUT2D eigenvalue weighted by Crippen LogP contribution is 2.45. The van der Waals surface area contributed by atoms with Crippen molar-refractivity contribution in [3.8, 4) is 0 Å². The van der Waals surface area contributed by atoms with Gasteiger partial charge in [0, 0.05) is 29.1 Å². The van der Waals surface area contributed by atoms with Crippen molar-refractivity contribution >= 4 is 33.9 Å². The zero-order valence-electron chi connectivity index (χ0n) is 10.7. The van der Waals surface area contributed by atoms with Gasteiger partial charge in [0.2, 0.25) is 0 Å². The predicted molar refractivity (Wildman–Crippen MR) is 75.7 cm³/mol. The topological polar surface area (TPSA) is 55.4 Å². The van der Waals surface area contributed by atoms with Crippen molar-refractivity contribution in [3.05, 3.63) is 40.6 Å². The average molecular weight is 342 g/mol. The van der Waals surface area contributed by atoms with Gasteiger partial charge >= 0.3 is 5.97 Å². The lowest BCUT2D eigenvalue weighted by atomic mass is 10.1. The Balaban J connectivity index is 2.09. The Morgan fingerprint density at radius 3 is 2.80 bits per heavy atom. The fourth-order valence-electron chi connectivity index (χ4n) is 2.18. The second-order valence-corrected chi connectivity index (χ2v) is 5.41. The van der Waals surface area contributed by atoms with Gasteiger partial charge in [-0.3, -0.25) is 0 Å². The SMILES string of the molecule is C=C(C(=O)OC)C1C(C=O)C1Nc1ccc(Br)c(F)c1. The van der Waals surface area contributed by atoms with Crippen molar-refractivity contribution < 1.29 is 18.7 Å². The fraction of sp³-hybridized carbons (Fsp3) is 0.286. The van der Waals surface area contributed by atoms with Crippen LogP contribution in [0.3, 0.4) is 0 Å². The first kappa shape index (κ1) is 14.7. The van der Waals surface area contributed by atoms with Crippen LogP contribution in [-0.2, 0) is 14.3 Å². The van der Waals surface area contributed by atoms with E-state index in [9.17, 15) is 14.0 Å². The summed E-state index contributed by atoms with van der Waals surface area (Å²) >= 11 is 3.07. The second-order valence-electron chi connectivity index (χ2n) is 4.56. The number of carbonyl (C=O) groups is 2. The van der Waals surface area contributed by atoms with Gasteiger partial charge in [0.15, 0.2) is 0 Å². The molecule has 106 valence electrons. The Morgan fingerprint density at radius 1 is 1.55 bits per heavy atom. The van der Waals surface area contributed by atoms with E-state index >= 15 is 0 Å². The lowest BCUT2D eigenvalue weighted by Crippen LogP contribution is -2.11. The van der Waals surface area contributed by atoms with Crippen molar-refractivity contribution in [2.75, 3.05) is 12.4 Å². The molecule has 1 aliphatic carbocycles. The fourth-order valence-corrected chi connectivity index (χ4v) is 2.43. The van der Waals surface area contributed by atoms with E-state index in [1.54, 1.807) is 12.1 Å². The Kier molecular flexibility index (Phi) is 4.23. The van der Waals surface area contributed by atoms with Crippen LogP contribution in [-0.4, -0.2) is 25.4 Å². The summed E-state index contributed by atoms with van der Waals surface area (Å²) in [5.74, 6) is -1.60. The normalized spacial score (nSPS) is 23.9. The van der Waals surface area contributed by atoms with Gasteiger partial charge in [-0.25, -0.2) is 9.18 Å². The van der Waals surface area contributed by atoms with Gasteiger partial charge in [-0.1, -0.05) is 6.58 Å². The smallest absolute Gasteiger partial charge is 0.333 e. The minimum Gasteiger partial charge on any atom is -0.466 e. The van der Waals surface area contributed by atoms with Crippen LogP contribution in [0.4, 0.5) is 10.1 Å². The average Bonchev–Trinajstić information content (AvgIpc) is 3.13. The molecule has 1 fully saturated rings. The third kappa shape index (κ3) is 2.75. The summed E-state index contributed by atoms with van der Waals surface area (Å²) < 4.78 is 18.4. The van der Waals surface area contributed by atoms with Crippen molar-refractivity contribution in [2.24, 2.45) is 11.8 Å². The highest BCUT2D eigenvalue weighted by atomic mass is 79.9. The maximum absolute atomic E-state index is 13.4. The summed E-state index contributed by atoms with van der Waals surface area (Å²) in [6, 6.07) is 4.31. The first-order valence-electron chi connectivity index (χ1n) is 5.93. The number of ether oxygens (including phenoxy) is 1. The summed E-state index contributed by atoms with van der Waals surface area (Å²) in [4.78, 5) is 22.4. The van der Waals surface area contributed by atoms with Gasteiger partial charge in [0.1, 0.15) is 12.1 Å². The molecule has 1 aliphatic rings. The Hall–Kier alpha value is -1.69. The van der Waals surface area contributed by atoms with Crippen LogP contribution in [0.5, 0.6) is 0 Å². The van der Waals surface area contributed by atoms with Gasteiger partial charge in [-0.05, 0) is 34.1 Å². The summed E-state index contributed by atoms with van der Waals surface area (Å²) in [6.07, 6.45) is 0.770. The van der Waals surface area contributed by atoms with Gasteiger partial charge in [0.25, 0.3) is 0 Å². The molecule has 0 aliphatic heterocycles. The van der Waals surface area contributed by atoms with Crippen molar-refractivity contribution in [1.82, 2.24) is 0 Å². The van der Waals surface area contributed by atoms with E-state index in [0.29, 0.717) is 10.2 Å². The maximum Gasteiger partial charge on any atom is 0.333 e. The molecule has 0 spiro atoms. The van der Waals surface area contributed by atoms with Gasteiger partial charge in [-0.15, -0.1) is 0 Å². The zero-order chi connectivity index (χ0) is 14.9. The molecule has 1 saturated carbocycles. The molecule has 20 heavy (non-hydrogen) atoms. The van der Waals surface area contributed by atoms with E-state index in [0.717, 1.165) is 6.29 Å². The Morgan fingerprint density at radius 2 is 2.25 bits per heavy atom. The number of rotatable bonds is 5. The zero-order valence-corrected chi connectivity index (χ0v) is 12.3. The largest absolute Gasteiger partial charge is 0.466 e. The van der Waals surface area contributed by atoms with E-state index < -0.39 is 11.8 Å². The van der Waals surface area contributed by atoms with E-state index in [1.165, 1.54) is 13.2 Å². The number of hydrogen-bond donors (Lipinski definition) is 1. The molecule has 0 saturated heterocycles. The summed E-state index contributed by atoms with van der Waals surface area (Å²) in [5, 5.41) is 3.03. The second kappa shape index (κ2) is 5.75. The van der Waals surface area contributed by atoms with Gasteiger partial charge in [-0.2, -0.15) is 0 Å². The maximum atomic E-state index is 13.4. The number of aldehydes is 1. The molecule has 1 aromatic rings. The third-order valence-corrected chi connectivity index (χ3v) is 3.98. The van der Waals surface area contributed by atoms with Crippen LogP contribution >= 0.6 is 15.9 Å². The standard InChI is InChI=1S/C14H13BrFNO3/c1-7(14(19)20-2)12-9(6-18)13(12)17-8-3-4-10(15)11(16)5-8/h3-6,9,12-13,17H,1H2,2H3. The number of carbonyl (C=O) groups excluding carboxylic acids is 2. The van der Waals surface area contributed by atoms with Crippen molar-refractivity contribution in [2.45, 2.75) is 6.04 Å². The lowest BCUT2D eigenvalue weighted by Gasteiger charge is -2.07. The van der Waals surface area contributed by atoms with E-state index in [-0.39, 0.29) is 23.5 Å². The Labute approximate surface area is 124 Å². The number of anilines is 1. The molecule has 0 radical (unpaired) electrons. The minimum atomic E-state index is -0.534. The van der Waals surface area contributed by atoms with Crippen molar-refractivity contribution in [1.29, 1.82) is 0 Å². The number of esters is 1. The molecule has 0 aromatic heterocycles. The molecule has 6 heteroatoms. The highest BCUT2D eigenvalue weighted by Gasteiger charge is 2.53. The van der Waals surface area contributed by atoms with Crippen LogP contribution in [0.2, 0.25) is 0 Å². The summed E-state index contributed by atoms with van der Waals surface area (Å²) in [6.45, 7) is 3.65. The molecule has 0 heterocycles. The van der Waals surface area contributed by atoms with E-state index in [4.69, 9.17) is 0 Å². The third-order valence-electron chi connectivity index (χ3n) is 3.34. The molecule has 3 atom stereocenters. The summed E-state index contributed by atoms with van der Waals surface area (Å²) in [7, 11) is 1.26. The van der Waals surface area contributed by atoms with Crippen LogP contribution in [0.1, 0.15) is 0 Å². The quantitative estimate of drug-likeness (QED) is 0.508. The molecular weight excluding hydrogens is 329 g/mol. The van der Waals surface area contributed by atoms with Gasteiger partial charge < -0.3 is 14.8 Å². The van der Waals surface area contributed by atoms with Crippen LogP contribution in [0.15, 0.2) is 34.8 Å². The first-order chi connectivity index (χ1) is 9.49. The number of benzene rings is 1. The molecular formula is C14H13BrFNO3. The number of methoxy groups -OCH3 is 1. The first-order valence-corrected chi connectivity index (χ1v) is 6.73. The molecule has 1 N–H and O–H groups in total. The van der Waals surface area contributed by atoms with Crippen molar-refractivity contribution in [3.63, 3.8) is 0 Å². The number of nitrogens with one attached hydrogen (secondary N) is 1. The molecule has 0 bridgehead atoms. The number of halogens is 2. The number of hydrogen-bond acceptors (Lipinski definition) is 4. The van der Waals surface area contributed by atoms with E-state index in [2.05, 4.69) is 32.6 Å². The van der Waals surface area contributed by atoms with Crippen LogP contribution < -0.4 is 5.32 Å². The molecule has 0 amide bonds. The molecule has 1 aromatic carbocycles. The predicted octanol–water partition coefficient (Wildman–Crippen LogP) is 2.54. The lowest BCUT2D eigenvalue weighted by molar-refractivity contribution is -0.136. The van der Waals surface area contributed by atoms with Crippen LogP contribution in [0, 0.1) is 17.7 Å². The summed E-state index contributed by atoms with van der Waals surface area (Å²) in [5.41, 5.74) is 0.794. The molecule has 3 unspecified atom stereocenters. The highest BCUT2D eigenvalue weighted by molar-refractivity contribution is 9.10. The minimum absolute atomic E-state index is 0.250. The molecule has 4 nitrogen and oxygen atoms in total. The Bertz CT molecular complexity index is 576.